The van der Waals surface area contributed by atoms with E-state index in [9.17, 15) is 0 Å². The first-order chi connectivity index (χ1) is 16.8. The van der Waals surface area contributed by atoms with E-state index in [4.69, 9.17) is 9.47 Å². The van der Waals surface area contributed by atoms with E-state index in [1.807, 2.05) is 0 Å². The van der Waals surface area contributed by atoms with Crippen LogP contribution in [0.3, 0.4) is 0 Å². The predicted molar refractivity (Wildman–Crippen MR) is 137 cm³/mol. The Labute approximate surface area is 205 Å². The van der Waals surface area contributed by atoms with Gasteiger partial charge in [0.05, 0.1) is 12.2 Å². The Morgan fingerprint density at radius 2 is 1.65 bits per heavy atom. The van der Waals surface area contributed by atoms with Crippen molar-refractivity contribution in [3.8, 4) is 0 Å². The molecule has 2 fully saturated rings. The van der Waals surface area contributed by atoms with E-state index in [1.165, 1.54) is 82.0 Å². The molecular weight excluding hydrogens is 416 g/mol. The summed E-state index contributed by atoms with van der Waals surface area (Å²) in [5, 5.41) is 0. The zero-order chi connectivity index (χ0) is 22.5. The normalized spacial score (nSPS) is 44.2. The molecule has 2 aliphatic heterocycles. The maximum atomic E-state index is 6.69. The minimum Gasteiger partial charge on any atom is -0.486 e. The Hall–Kier alpha value is -1.80. The molecule has 0 aromatic carbocycles. The summed E-state index contributed by atoms with van der Waals surface area (Å²) in [5.41, 5.74) is 3.16. The van der Waals surface area contributed by atoms with Crippen LogP contribution < -0.4 is 0 Å². The second-order valence-electron chi connectivity index (χ2n) is 12.1. The average Bonchev–Trinajstić information content (AvgIpc) is 3.41. The molecule has 0 aromatic heterocycles. The van der Waals surface area contributed by atoms with E-state index in [0.717, 1.165) is 11.8 Å². The zero-order valence-electron chi connectivity index (χ0n) is 20.5. The first kappa shape index (κ1) is 21.5. The van der Waals surface area contributed by atoms with Gasteiger partial charge in [-0.1, -0.05) is 42.0 Å². The van der Waals surface area contributed by atoms with Gasteiger partial charge in [0.25, 0.3) is 0 Å². The Balaban J connectivity index is 1.05. The molecule has 7 aliphatic rings. The summed E-state index contributed by atoms with van der Waals surface area (Å²) in [5.74, 6) is 5.12. The van der Waals surface area contributed by atoms with Gasteiger partial charge >= 0.3 is 0 Å². The fraction of sp³-hybridized carbons (Fsp3) is 0.625. The first-order valence-corrected chi connectivity index (χ1v) is 14.2. The summed E-state index contributed by atoms with van der Waals surface area (Å²) in [4.78, 5) is 0. The fourth-order valence-corrected chi connectivity index (χ4v) is 8.08. The van der Waals surface area contributed by atoms with Crippen molar-refractivity contribution in [3.63, 3.8) is 0 Å². The molecule has 0 N–H and O–H groups in total. The van der Waals surface area contributed by atoms with Crippen molar-refractivity contribution < 1.29 is 9.47 Å². The van der Waals surface area contributed by atoms with Gasteiger partial charge in [0.1, 0.15) is 11.9 Å². The lowest BCUT2D eigenvalue weighted by molar-refractivity contribution is 0.0508. The summed E-state index contributed by atoms with van der Waals surface area (Å²) in [6, 6.07) is 0. The van der Waals surface area contributed by atoms with Crippen LogP contribution >= 0.6 is 0 Å². The lowest BCUT2D eigenvalue weighted by atomic mass is 9.73. The standard InChI is InChI=1S/C32H40O2/c1-3-7-21(8-4-1)15-23-11-13-29-25(17-23)27-19-32-28(20-31(27)33-29)26-18-24(12-14-30(26)34-32)16-22-9-5-2-6-10-22/h1-3,5,11,13,18-23,25-26,28-30,32H,4,6-10,12,14-17H2/t21-,22-,23?,25?,26?,28?,29?,30?,32?/m1/s1. The van der Waals surface area contributed by atoms with E-state index >= 15 is 0 Å². The number of rotatable bonds is 4. The van der Waals surface area contributed by atoms with Crippen LogP contribution in [0, 0.1) is 35.5 Å². The van der Waals surface area contributed by atoms with Gasteiger partial charge in [-0.2, -0.15) is 0 Å². The van der Waals surface area contributed by atoms with Crippen molar-refractivity contribution in [2.24, 2.45) is 35.5 Å². The lowest BCUT2D eigenvalue weighted by Gasteiger charge is -2.29. The molecule has 2 nitrogen and oxygen atoms in total. The monoisotopic (exact) mass is 456 g/mol. The summed E-state index contributed by atoms with van der Waals surface area (Å²) in [6.07, 6.45) is 37.0. The van der Waals surface area contributed by atoms with Crippen molar-refractivity contribution in [1.82, 2.24) is 0 Å². The van der Waals surface area contributed by atoms with Crippen LogP contribution in [-0.4, -0.2) is 18.3 Å². The van der Waals surface area contributed by atoms with Crippen LogP contribution in [0.1, 0.15) is 70.6 Å². The van der Waals surface area contributed by atoms with Gasteiger partial charge < -0.3 is 9.47 Å². The highest BCUT2D eigenvalue weighted by Crippen LogP contribution is 2.51. The number of allylic oxidation sites excluding steroid dienone is 7. The molecule has 7 unspecified atom stereocenters. The van der Waals surface area contributed by atoms with Crippen LogP contribution in [0.4, 0.5) is 0 Å². The van der Waals surface area contributed by atoms with E-state index in [0.29, 0.717) is 29.8 Å². The van der Waals surface area contributed by atoms with Crippen LogP contribution in [0.25, 0.3) is 0 Å². The minimum absolute atomic E-state index is 0.242. The van der Waals surface area contributed by atoms with Gasteiger partial charge in [0, 0.05) is 17.8 Å². The number of hydrogen-bond donors (Lipinski definition) is 0. The molecule has 2 saturated heterocycles. The highest BCUT2D eigenvalue weighted by atomic mass is 16.5. The van der Waals surface area contributed by atoms with Crippen molar-refractivity contribution in [1.29, 1.82) is 0 Å². The Kier molecular flexibility index (Phi) is 5.69. The Morgan fingerprint density at radius 1 is 0.794 bits per heavy atom. The van der Waals surface area contributed by atoms with Crippen molar-refractivity contribution >= 4 is 0 Å². The van der Waals surface area contributed by atoms with Gasteiger partial charge in [-0.05, 0) is 112 Å². The second-order valence-corrected chi connectivity index (χ2v) is 12.1. The van der Waals surface area contributed by atoms with Gasteiger partial charge in [0.15, 0.2) is 0 Å². The quantitative estimate of drug-likeness (QED) is 0.405. The molecule has 5 aliphatic carbocycles. The predicted octanol–water partition coefficient (Wildman–Crippen LogP) is 7.61. The molecule has 0 saturated carbocycles. The van der Waals surface area contributed by atoms with Crippen LogP contribution in [0.5, 0.6) is 0 Å². The van der Waals surface area contributed by atoms with Gasteiger partial charge in [0.2, 0.25) is 0 Å². The molecule has 2 heterocycles. The van der Waals surface area contributed by atoms with Gasteiger partial charge in [-0.25, -0.2) is 0 Å². The average molecular weight is 457 g/mol. The molecule has 0 bridgehead atoms. The van der Waals surface area contributed by atoms with Gasteiger partial charge in [-0.3, -0.25) is 0 Å². The van der Waals surface area contributed by atoms with E-state index in [-0.39, 0.29) is 12.2 Å². The molecule has 0 amide bonds. The van der Waals surface area contributed by atoms with Crippen LogP contribution in [0.15, 0.2) is 71.6 Å². The van der Waals surface area contributed by atoms with E-state index in [2.05, 4.69) is 54.7 Å². The molecule has 180 valence electrons. The molecule has 7 rings (SSSR count). The SMILES string of the molecule is C1=CC[C@@H](CC2=CC3C(CC2)OC2C=C4C(=CC23)OC2C=CC(C[C@@H]3CC=CCC3)CC42)CC1. The molecule has 2 heteroatoms. The molecular formula is C32H40O2. The summed E-state index contributed by atoms with van der Waals surface area (Å²) < 4.78 is 13.2. The minimum atomic E-state index is 0.242. The molecule has 0 spiro atoms. The smallest absolute Gasteiger partial charge is 0.124 e. The summed E-state index contributed by atoms with van der Waals surface area (Å²) >= 11 is 0. The molecule has 0 radical (unpaired) electrons. The highest BCUT2D eigenvalue weighted by molar-refractivity contribution is 5.42. The number of hydrogen-bond acceptors (Lipinski definition) is 2. The second kappa shape index (κ2) is 9.01. The number of ether oxygens (including phenoxy) is 2. The molecule has 9 atom stereocenters. The lowest BCUT2D eigenvalue weighted by Crippen LogP contribution is -2.25. The Morgan fingerprint density at radius 3 is 2.47 bits per heavy atom. The third-order valence-corrected chi connectivity index (χ3v) is 9.87. The largest absolute Gasteiger partial charge is 0.486 e. The first-order valence-electron chi connectivity index (χ1n) is 14.2. The zero-order valence-corrected chi connectivity index (χ0v) is 20.5. The topological polar surface area (TPSA) is 18.5 Å². The van der Waals surface area contributed by atoms with E-state index < -0.39 is 0 Å². The summed E-state index contributed by atoms with van der Waals surface area (Å²) in [6.45, 7) is 0. The number of fused-ring (bicyclic) bond motifs is 6. The molecule has 0 aromatic rings. The third-order valence-electron chi connectivity index (χ3n) is 9.87. The maximum absolute atomic E-state index is 6.69. The summed E-state index contributed by atoms with van der Waals surface area (Å²) in [7, 11) is 0. The van der Waals surface area contributed by atoms with Crippen LogP contribution in [0.2, 0.25) is 0 Å². The van der Waals surface area contributed by atoms with Crippen molar-refractivity contribution in [3.05, 3.63) is 71.6 Å². The van der Waals surface area contributed by atoms with E-state index in [1.54, 1.807) is 5.57 Å². The van der Waals surface area contributed by atoms with Crippen molar-refractivity contribution in [2.45, 2.75) is 88.9 Å². The maximum Gasteiger partial charge on any atom is 0.124 e. The Bertz CT molecular complexity index is 977. The van der Waals surface area contributed by atoms with Gasteiger partial charge in [-0.15, -0.1) is 0 Å². The van der Waals surface area contributed by atoms with Crippen molar-refractivity contribution in [2.75, 3.05) is 0 Å². The third kappa shape index (κ3) is 4.00. The van der Waals surface area contributed by atoms with Crippen LogP contribution in [-0.2, 0) is 9.47 Å². The highest BCUT2D eigenvalue weighted by Gasteiger charge is 2.49. The fourth-order valence-electron chi connectivity index (χ4n) is 8.08. The molecule has 34 heavy (non-hydrogen) atoms.